The molecule has 20 heavy (non-hydrogen) atoms. The minimum atomic E-state index is 0.476. The zero-order valence-electron chi connectivity index (χ0n) is 12.0. The standard InChI is InChI=1S/C19H20O/c1-16(2)13-14-20-19(18-11-7-4-8-12-18)15-17-9-5-3-6-10-17/h3-16H,1-2H3. The van der Waals surface area contributed by atoms with E-state index in [0.29, 0.717) is 5.92 Å². The van der Waals surface area contributed by atoms with Crippen LogP contribution in [0.4, 0.5) is 0 Å². The molecule has 1 heteroatoms. The molecule has 0 unspecified atom stereocenters. The van der Waals surface area contributed by atoms with E-state index in [4.69, 9.17) is 4.74 Å². The molecule has 0 aromatic heterocycles. The van der Waals surface area contributed by atoms with E-state index in [0.717, 1.165) is 16.9 Å². The SMILES string of the molecule is CC(C)C=COC(=Cc1ccccc1)c1ccccc1. The number of hydrogen-bond donors (Lipinski definition) is 0. The minimum Gasteiger partial charge on any atom is -0.465 e. The molecule has 0 aliphatic rings. The van der Waals surface area contributed by atoms with Crippen LogP contribution in [0, 0.1) is 5.92 Å². The second-order valence-electron chi connectivity index (χ2n) is 4.98. The highest BCUT2D eigenvalue weighted by atomic mass is 16.5. The van der Waals surface area contributed by atoms with Crippen molar-refractivity contribution in [2.45, 2.75) is 13.8 Å². The Hall–Kier alpha value is -2.28. The van der Waals surface area contributed by atoms with Gasteiger partial charge in [0, 0.05) is 5.56 Å². The average molecular weight is 264 g/mol. The van der Waals surface area contributed by atoms with E-state index < -0.39 is 0 Å². The summed E-state index contributed by atoms with van der Waals surface area (Å²) in [5, 5.41) is 0. The summed E-state index contributed by atoms with van der Waals surface area (Å²) >= 11 is 0. The number of hydrogen-bond acceptors (Lipinski definition) is 1. The maximum atomic E-state index is 5.82. The predicted octanol–water partition coefficient (Wildman–Crippen LogP) is 5.37. The topological polar surface area (TPSA) is 9.23 Å². The third kappa shape index (κ3) is 4.43. The van der Waals surface area contributed by atoms with Gasteiger partial charge in [-0.25, -0.2) is 0 Å². The Labute approximate surface area is 121 Å². The first kappa shape index (κ1) is 14.1. The molecular weight excluding hydrogens is 244 g/mol. The van der Waals surface area contributed by atoms with E-state index in [-0.39, 0.29) is 0 Å². The minimum absolute atomic E-state index is 0.476. The van der Waals surface area contributed by atoms with Crippen LogP contribution in [0.5, 0.6) is 0 Å². The van der Waals surface area contributed by atoms with E-state index in [1.807, 2.05) is 42.5 Å². The van der Waals surface area contributed by atoms with E-state index in [2.05, 4.69) is 44.2 Å². The van der Waals surface area contributed by atoms with Crippen LogP contribution in [0.2, 0.25) is 0 Å². The molecule has 0 aliphatic carbocycles. The summed E-state index contributed by atoms with van der Waals surface area (Å²) in [6.07, 6.45) is 5.87. The van der Waals surface area contributed by atoms with Crippen molar-refractivity contribution in [2.24, 2.45) is 5.92 Å². The van der Waals surface area contributed by atoms with Gasteiger partial charge >= 0.3 is 0 Å². The van der Waals surface area contributed by atoms with E-state index >= 15 is 0 Å². The van der Waals surface area contributed by atoms with Gasteiger partial charge in [0.15, 0.2) is 0 Å². The molecule has 0 fully saturated rings. The monoisotopic (exact) mass is 264 g/mol. The predicted molar refractivity (Wildman–Crippen MR) is 85.8 cm³/mol. The molecule has 2 aromatic rings. The molecule has 0 bridgehead atoms. The molecule has 0 saturated carbocycles. The van der Waals surface area contributed by atoms with Gasteiger partial charge in [0.2, 0.25) is 0 Å². The summed E-state index contributed by atoms with van der Waals surface area (Å²) in [7, 11) is 0. The Morgan fingerprint density at radius 1 is 0.900 bits per heavy atom. The fraction of sp³-hybridized carbons (Fsp3) is 0.158. The molecule has 0 amide bonds. The van der Waals surface area contributed by atoms with Gasteiger partial charge in [-0.05, 0) is 23.6 Å². The first-order chi connectivity index (χ1) is 9.75. The van der Waals surface area contributed by atoms with Crippen LogP contribution in [0.15, 0.2) is 73.0 Å². The molecule has 2 aromatic carbocycles. The van der Waals surface area contributed by atoms with Crippen LogP contribution in [0.3, 0.4) is 0 Å². The molecule has 0 N–H and O–H groups in total. The van der Waals surface area contributed by atoms with Crippen molar-refractivity contribution >= 4 is 11.8 Å². The van der Waals surface area contributed by atoms with E-state index in [1.165, 1.54) is 0 Å². The third-order valence-corrected chi connectivity index (χ3v) is 2.81. The normalized spacial score (nSPS) is 12.1. The smallest absolute Gasteiger partial charge is 0.134 e. The van der Waals surface area contributed by atoms with Crippen molar-refractivity contribution in [1.29, 1.82) is 0 Å². The van der Waals surface area contributed by atoms with Gasteiger partial charge < -0.3 is 4.74 Å². The lowest BCUT2D eigenvalue weighted by Gasteiger charge is -2.07. The van der Waals surface area contributed by atoms with Crippen molar-refractivity contribution in [1.82, 2.24) is 0 Å². The molecular formula is C19H20O. The number of ether oxygens (including phenoxy) is 1. The van der Waals surface area contributed by atoms with Crippen molar-refractivity contribution in [3.63, 3.8) is 0 Å². The summed E-state index contributed by atoms with van der Waals surface area (Å²) in [5.74, 6) is 1.33. The van der Waals surface area contributed by atoms with Crippen LogP contribution < -0.4 is 0 Å². The molecule has 0 spiro atoms. The van der Waals surface area contributed by atoms with Crippen molar-refractivity contribution in [3.8, 4) is 0 Å². The molecule has 0 heterocycles. The van der Waals surface area contributed by atoms with Crippen molar-refractivity contribution in [2.75, 3.05) is 0 Å². The number of rotatable bonds is 5. The number of benzene rings is 2. The summed E-state index contributed by atoms with van der Waals surface area (Å²) in [4.78, 5) is 0. The van der Waals surface area contributed by atoms with Gasteiger partial charge in [-0.15, -0.1) is 0 Å². The van der Waals surface area contributed by atoms with Gasteiger partial charge in [0.25, 0.3) is 0 Å². The Kier molecular flexibility index (Phi) is 5.19. The van der Waals surface area contributed by atoms with Crippen LogP contribution in [-0.2, 0) is 4.74 Å². The van der Waals surface area contributed by atoms with Gasteiger partial charge in [-0.3, -0.25) is 0 Å². The van der Waals surface area contributed by atoms with Crippen molar-refractivity contribution < 1.29 is 4.74 Å². The Morgan fingerprint density at radius 3 is 2.10 bits per heavy atom. The number of allylic oxidation sites excluding steroid dienone is 1. The lowest BCUT2D eigenvalue weighted by Crippen LogP contribution is -1.88. The first-order valence-electron chi connectivity index (χ1n) is 6.91. The molecule has 2 rings (SSSR count). The highest BCUT2D eigenvalue weighted by Crippen LogP contribution is 2.20. The molecule has 0 atom stereocenters. The maximum Gasteiger partial charge on any atom is 0.134 e. The lowest BCUT2D eigenvalue weighted by molar-refractivity contribution is 0.434. The van der Waals surface area contributed by atoms with E-state index in [9.17, 15) is 0 Å². The summed E-state index contributed by atoms with van der Waals surface area (Å²) in [6.45, 7) is 4.26. The zero-order valence-corrected chi connectivity index (χ0v) is 12.0. The largest absolute Gasteiger partial charge is 0.465 e. The third-order valence-electron chi connectivity index (χ3n) is 2.81. The van der Waals surface area contributed by atoms with Crippen molar-refractivity contribution in [3.05, 3.63) is 84.1 Å². The molecule has 0 radical (unpaired) electrons. The molecule has 0 saturated heterocycles. The fourth-order valence-electron chi connectivity index (χ4n) is 1.76. The molecule has 102 valence electrons. The highest BCUT2D eigenvalue weighted by Gasteiger charge is 2.01. The van der Waals surface area contributed by atoms with Crippen LogP contribution in [-0.4, -0.2) is 0 Å². The average Bonchev–Trinajstić information content (AvgIpc) is 2.48. The van der Waals surface area contributed by atoms with Gasteiger partial charge in [0.1, 0.15) is 5.76 Å². The summed E-state index contributed by atoms with van der Waals surface area (Å²) in [5.41, 5.74) is 2.20. The van der Waals surface area contributed by atoms with Crippen LogP contribution >= 0.6 is 0 Å². The van der Waals surface area contributed by atoms with Gasteiger partial charge in [0.05, 0.1) is 6.26 Å². The Morgan fingerprint density at radius 2 is 1.50 bits per heavy atom. The van der Waals surface area contributed by atoms with Gasteiger partial charge in [-0.1, -0.05) is 74.5 Å². The fourth-order valence-corrected chi connectivity index (χ4v) is 1.76. The van der Waals surface area contributed by atoms with Crippen LogP contribution in [0.1, 0.15) is 25.0 Å². The van der Waals surface area contributed by atoms with Gasteiger partial charge in [-0.2, -0.15) is 0 Å². The van der Waals surface area contributed by atoms with E-state index in [1.54, 1.807) is 6.26 Å². The zero-order chi connectivity index (χ0) is 14.2. The lowest BCUT2D eigenvalue weighted by atomic mass is 10.1. The molecule has 1 nitrogen and oxygen atoms in total. The first-order valence-corrected chi connectivity index (χ1v) is 6.91. The molecule has 0 aliphatic heterocycles. The second-order valence-corrected chi connectivity index (χ2v) is 4.98. The summed E-state index contributed by atoms with van der Waals surface area (Å²) < 4.78 is 5.82. The highest BCUT2D eigenvalue weighted by molar-refractivity contribution is 5.77. The maximum absolute atomic E-state index is 5.82. The Balaban J connectivity index is 2.27. The summed E-state index contributed by atoms with van der Waals surface area (Å²) in [6, 6.07) is 20.4. The second kappa shape index (κ2) is 7.34. The Bertz CT molecular complexity index is 565. The van der Waals surface area contributed by atoms with Crippen LogP contribution in [0.25, 0.3) is 11.8 Å². The quantitative estimate of drug-likeness (QED) is 0.521.